The van der Waals surface area contributed by atoms with E-state index in [0.29, 0.717) is 11.6 Å². The van der Waals surface area contributed by atoms with Gasteiger partial charge in [0.05, 0.1) is 26.0 Å². The quantitative estimate of drug-likeness (QED) is 0.525. The van der Waals surface area contributed by atoms with E-state index in [9.17, 15) is 0 Å². The van der Waals surface area contributed by atoms with Crippen molar-refractivity contribution in [2.75, 3.05) is 51.4 Å². The molecule has 1 atom stereocenters. The molecule has 0 unspecified atom stereocenters. The van der Waals surface area contributed by atoms with Gasteiger partial charge in [0.15, 0.2) is 0 Å². The number of piperidine rings is 1. The summed E-state index contributed by atoms with van der Waals surface area (Å²) in [6.45, 7) is 5.81. The van der Waals surface area contributed by atoms with Crippen molar-refractivity contribution in [1.82, 2.24) is 24.8 Å². The van der Waals surface area contributed by atoms with Crippen LogP contribution in [0.1, 0.15) is 30.1 Å². The van der Waals surface area contributed by atoms with E-state index in [0.717, 1.165) is 81.9 Å². The Balaban J connectivity index is 1.27. The highest BCUT2D eigenvalue weighted by atomic mass is 16.5. The third kappa shape index (κ3) is 5.43. The third-order valence-corrected chi connectivity index (χ3v) is 6.24. The van der Waals surface area contributed by atoms with Crippen molar-refractivity contribution in [3.05, 3.63) is 60.3 Å². The second-order valence-electron chi connectivity index (χ2n) is 8.55. The van der Waals surface area contributed by atoms with E-state index in [-0.39, 0.29) is 5.92 Å². The molecule has 0 aliphatic carbocycles. The Hall–Kier alpha value is -3.30. The molecule has 2 fully saturated rings. The van der Waals surface area contributed by atoms with Crippen molar-refractivity contribution in [3.63, 3.8) is 0 Å². The smallest absolute Gasteiger partial charge is 0.241 e. The normalized spacial score (nSPS) is 19.1. The predicted molar refractivity (Wildman–Crippen MR) is 127 cm³/mol. The van der Waals surface area contributed by atoms with Crippen LogP contribution in [-0.4, -0.2) is 71.3 Å². The zero-order valence-corrected chi connectivity index (χ0v) is 19.5. The Bertz CT molecular complexity index is 1070. The van der Waals surface area contributed by atoms with E-state index in [1.54, 1.807) is 19.5 Å². The molecule has 4 heterocycles. The molecule has 178 valence electrons. The lowest BCUT2D eigenvalue weighted by Gasteiger charge is -2.32. The standard InChI is InChI=1S/C25H30N6O3/c1-32-21-4-6-22(7-5-21)34-24-23(26-10-11-27-24)19-3-2-12-30(17-19)18-20-8-9-28-25(29-20)31-13-15-33-16-14-31/h4-11,19H,2-3,12-18H2,1H3/t19-/m0/s1. The van der Waals surface area contributed by atoms with E-state index in [1.165, 1.54) is 0 Å². The summed E-state index contributed by atoms with van der Waals surface area (Å²) >= 11 is 0. The molecule has 2 aliphatic rings. The van der Waals surface area contributed by atoms with E-state index in [4.69, 9.17) is 19.2 Å². The lowest BCUT2D eigenvalue weighted by molar-refractivity contribution is 0.122. The summed E-state index contributed by atoms with van der Waals surface area (Å²) in [6, 6.07) is 9.52. The molecular weight excluding hydrogens is 432 g/mol. The summed E-state index contributed by atoms with van der Waals surface area (Å²) in [5, 5.41) is 0. The number of anilines is 1. The third-order valence-electron chi connectivity index (χ3n) is 6.24. The SMILES string of the molecule is COc1ccc(Oc2nccnc2[C@H]2CCCN(Cc3ccnc(N4CCOCC4)n3)C2)cc1. The fraction of sp³-hybridized carbons (Fsp3) is 0.440. The zero-order valence-electron chi connectivity index (χ0n) is 19.5. The maximum atomic E-state index is 6.11. The molecule has 0 N–H and O–H groups in total. The van der Waals surface area contributed by atoms with Crippen LogP contribution in [0.25, 0.3) is 0 Å². The summed E-state index contributed by atoms with van der Waals surface area (Å²) in [4.78, 5) is 23.1. The molecule has 3 aromatic rings. The fourth-order valence-electron chi connectivity index (χ4n) is 4.49. The van der Waals surface area contributed by atoms with Crippen LogP contribution in [0.15, 0.2) is 48.9 Å². The lowest BCUT2D eigenvalue weighted by atomic mass is 9.94. The minimum absolute atomic E-state index is 0.247. The van der Waals surface area contributed by atoms with E-state index < -0.39 is 0 Å². The van der Waals surface area contributed by atoms with Crippen LogP contribution in [0, 0.1) is 0 Å². The molecule has 5 rings (SSSR count). The van der Waals surface area contributed by atoms with Crippen molar-refractivity contribution >= 4 is 5.95 Å². The van der Waals surface area contributed by atoms with Gasteiger partial charge in [-0.05, 0) is 49.7 Å². The minimum Gasteiger partial charge on any atom is -0.497 e. The summed E-state index contributed by atoms with van der Waals surface area (Å²) < 4.78 is 16.8. The summed E-state index contributed by atoms with van der Waals surface area (Å²) in [5.74, 6) is 3.11. The van der Waals surface area contributed by atoms with Crippen LogP contribution in [0.2, 0.25) is 0 Å². The Kier molecular flexibility index (Phi) is 7.11. The number of rotatable bonds is 7. The van der Waals surface area contributed by atoms with Gasteiger partial charge >= 0.3 is 0 Å². The van der Waals surface area contributed by atoms with Crippen molar-refractivity contribution in [3.8, 4) is 17.4 Å². The van der Waals surface area contributed by atoms with E-state index >= 15 is 0 Å². The minimum atomic E-state index is 0.247. The zero-order chi connectivity index (χ0) is 23.2. The van der Waals surface area contributed by atoms with Crippen LogP contribution >= 0.6 is 0 Å². The first kappa shape index (κ1) is 22.5. The molecule has 0 radical (unpaired) electrons. The fourth-order valence-corrected chi connectivity index (χ4v) is 4.49. The van der Waals surface area contributed by atoms with Gasteiger partial charge in [-0.2, -0.15) is 0 Å². The van der Waals surface area contributed by atoms with Crippen molar-refractivity contribution in [1.29, 1.82) is 0 Å². The molecule has 9 nitrogen and oxygen atoms in total. The summed E-state index contributed by atoms with van der Waals surface area (Å²) in [7, 11) is 1.65. The molecule has 0 saturated carbocycles. The molecule has 2 saturated heterocycles. The first-order valence-corrected chi connectivity index (χ1v) is 11.8. The highest BCUT2D eigenvalue weighted by Gasteiger charge is 2.26. The Morgan fingerprint density at radius 2 is 1.74 bits per heavy atom. The average Bonchev–Trinajstić information content (AvgIpc) is 2.90. The molecule has 34 heavy (non-hydrogen) atoms. The maximum Gasteiger partial charge on any atom is 0.241 e. The van der Waals surface area contributed by atoms with Gasteiger partial charge in [-0.1, -0.05) is 0 Å². The molecule has 2 aliphatic heterocycles. The average molecular weight is 463 g/mol. The first-order chi connectivity index (χ1) is 16.8. The van der Waals surface area contributed by atoms with Gasteiger partial charge in [-0.25, -0.2) is 15.0 Å². The number of hydrogen-bond donors (Lipinski definition) is 0. The first-order valence-electron chi connectivity index (χ1n) is 11.8. The maximum absolute atomic E-state index is 6.11. The second kappa shape index (κ2) is 10.8. The Labute approximate surface area is 199 Å². The van der Waals surface area contributed by atoms with E-state index in [2.05, 4.69) is 24.8 Å². The van der Waals surface area contributed by atoms with Gasteiger partial charge in [-0.15, -0.1) is 0 Å². The number of hydrogen-bond acceptors (Lipinski definition) is 9. The summed E-state index contributed by atoms with van der Waals surface area (Å²) in [6.07, 6.45) is 7.42. The highest BCUT2D eigenvalue weighted by Crippen LogP contribution is 2.33. The Morgan fingerprint density at radius 3 is 2.56 bits per heavy atom. The van der Waals surface area contributed by atoms with Crippen LogP contribution in [0.3, 0.4) is 0 Å². The number of nitrogens with zero attached hydrogens (tertiary/aromatic N) is 6. The van der Waals surface area contributed by atoms with Gasteiger partial charge in [-0.3, -0.25) is 9.88 Å². The van der Waals surface area contributed by atoms with Crippen LogP contribution in [-0.2, 0) is 11.3 Å². The largest absolute Gasteiger partial charge is 0.497 e. The molecular formula is C25H30N6O3. The monoisotopic (exact) mass is 462 g/mol. The predicted octanol–water partition coefficient (Wildman–Crippen LogP) is 3.28. The molecule has 9 heteroatoms. The number of likely N-dealkylation sites (tertiary alicyclic amines) is 1. The van der Waals surface area contributed by atoms with Gasteiger partial charge in [0, 0.05) is 50.7 Å². The van der Waals surface area contributed by atoms with Gasteiger partial charge in [0.1, 0.15) is 17.2 Å². The van der Waals surface area contributed by atoms with Crippen LogP contribution in [0.4, 0.5) is 5.95 Å². The topological polar surface area (TPSA) is 85.7 Å². The van der Waals surface area contributed by atoms with Gasteiger partial charge in [0.2, 0.25) is 11.8 Å². The lowest BCUT2D eigenvalue weighted by Crippen LogP contribution is -2.38. The highest BCUT2D eigenvalue weighted by molar-refractivity contribution is 5.35. The van der Waals surface area contributed by atoms with Crippen molar-refractivity contribution < 1.29 is 14.2 Å². The molecule has 0 bridgehead atoms. The van der Waals surface area contributed by atoms with E-state index in [1.807, 2.05) is 36.5 Å². The van der Waals surface area contributed by atoms with Crippen LogP contribution < -0.4 is 14.4 Å². The number of aromatic nitrogens is 4. The number of morpholine rings is 1. The Morgan fingerprint density at radius 1 is 0.941 bits per heavy atom. The van der Waals surface area contributed by atoms with Gasteiger partial charge in [0.25, 0.3) is 0 Å². The second-order valence-corrected chi connectivity index (χ2v) is 8.55. The van der Waals surface area contributed by atoms with Crippen molar-refractivity contribution in [2.45, 2.75) is 25.3 Å². The van der Waals surface area contributed by atoms with Crippen molar-refractivity contribution in [2.24, 2.45) is 0 Å². The molecule has 1 aromatic carbocycles. The molecule has 0 spiro atoms. The number of ether oxygens (including phenoxy) is 3. The summed E-state index contributed by atoms with van der Waals surface area (Å²) in [5.41, 5.74) is 1.94. The van der Waals surface area contributed by atoms with Crippen LogP contribution in [0.5, 0.6) is 17.4 Å². The molecule has 0 amide bonds. The number of methoxy groups -OCH3 is 1. The van der Waals surface area contributed by atoms with Gasteiger partial charge < -0.3 is 19.1 Å². The number of benzene rings is 1. The molecule has 2 aromatic heterocycles.